The van der Waals surface area contributed by atoms with Crippen LogP contribution in [0, 0.1) is 11.8 Å². The van der Waals surface area contributed by atoms with Gasteiger partial charge in [-0.2, -0.15) is 0 Å². The van der Waals surface area contributed by atoms with E-state index < -0.39 is 10.0 Å². The lowest BCUT2D eigenvalue weighted by molar-refractivity contribution is 0.491. The Morgan fingerprint density at radius 2 is 2.15 bits per heavy atom. The number of pyridine rings is 1. The number of aromatic nitrogens is 1. The molecule has 0 amide bonds. The minimum Gasteiger partial charge on any atom is -0.313 e. The number of hydrogen-bond donors (Lipinski definition) is 2. The maximum Gasteiger partial charge on any atom is 0.258 e. The summed E-state index contributed by atoms with van der Waals surface area (Å²) < 4.78 is 26.9. The molecule has 1 fully saturated rings. The van der Waals surface area contributed by atoms with Crippen molar-refractivity contribution in [2.24, 2.45) is 11.8 Å². The van der Waals surface area contributed by atoms with Gasteiger partial charge in [-0.15, -0.1) is 0 Å². The van der Waals surface area contributed by atoms with Gasteiger partial charge >= 0.3 is 0 Å². The Hall–Kier alpha value is -0.980. The van der Waals surface area contributed by atoms with E-state index in [1.54, 1.807) is 18.3 Å². The number of hydrogen-bond acceptors (Lipinski definition) is 4. The first kappa shape index (κ1) is 15.4. The van der Waals surface area contributed by atoms with Crippen molar-refractivity contribution >= 4 is 10.0 Å². The van der Waals surface area contributed by atoms with E-state index in [2.05, 4.69) is 21.9 Å². The fraction of sp³-hybridized carbons (Fsp3) is 0.643. The van der Waals surface area contributed by atoms with Gasteiger partial charge in [0.1, 0.15) is 0 Å². The number of nitrogens with one attached hydrogen (secondary N) is 2. The first-order valence-corrected chi connectivity index (χ1v) is 8.66. The average Bonchev–Trinajstić information content (AvgIpc) is 3.27. The number of nitrogens with zero attached hydrogens (tertiary/aromatic N) is 1. The molecule has 1 heterocycles. The third kappa shape index (κ3) is 4.26. The van der Waals surface area contributed by atoms with Crippen molar-refractivity contribution in [2.45, 2.75) is 38.3 Å². The quantitative estimate of drug-likeness (QED) is 0.763. The van der Waals surface area contributed by atoms with Gasteiger partial charge in [-0.3, -0.25) is 0 Å². The summed E-state index contributed by atoms with van der Waals surface area (Å²) in [6, 6.07) is 3.37. The molecule has 6 heteroatoms. The van der Waals surface area contributed by atoms with E-state index in [1.807, 2.05) is 6.92 Å². The summed E-state index contributed by atoms with van der Waals surface area (Å²) in [5.41, 5.74) is 0.983. The second kappa shape index (κ2) is 6.65. The molecule has 0 aromatic carbocycles. The minimum atomic E-state index is -3.48. The van der Waals surface area contributed by atoms with Crippen LogP contribution in [0.4, 0.5) is 0 Å². The molecule has 112 valence electrons. The molecule has 1 aliphatic rings. The molecule has 0 radical (unpaired) electrons. The minimum absolute atomic E-state index is 0.0979. The number of rotatable bonds is 8. The summed E-state index contributed by atoms with van der Waals surface area (Å²) in [5.74, 6) is 1.09. The van der Waals surface area contributed by atoms with Crippen molar-refractivity contribution < 1.29 is 8.42 Å². The highest BCUT2D eigenvalue weighted by atomic mass is 32.2. The molecule has 0 aliphatic heterocycles. The molecule has 2 rings (SSSR count). The van der Waals surface area contributed by atoms with Crippen molar-refractivity contribution in [1.82, 2.24) is 15.0 Å². The third-order valence-electron chi connectivity index (χ3n) is 3.67. The van der Waals surface area contributed by atoms with E-state index in [0.29, 0.717) is 24.9 Å². The molecule has 1 unspecified atom stereocenters. The summed E-state index contributed by atoms with van der Waals surface area (Å²) in [6.45, 7) is 6.19. The van der Waals surface area contributed by atoms with E-state index in [4.69, 9.17) is 0 Å². The lowest BCUT2D eigenvalue weighted by atomic mass is 10.1. The van der Waals surface area contributed by atoms with Gasteiger partial charge in [0, 0.05) is 19.3 Å². The third-order valence-corrected chi connectivity index (χ3v) is 5.01. The van der Waals surface area contributed by atoms with E-state index >= 15 is 0 Å². The normalized spacial score (nSPS) is 17.1. The van der Waals surface area contributed by atoms with Gasteiger partial charge in [-0.1, -0.05) is 19.9 Å². The maximum atomic E-state index is 12.1. The summed E-state index contributed by atoms with van der Waals surface area (Å²) in [7, 11) is -3.48. The molecule has 0 bridgehead atoms. The lowest BCUT2D eigenvalue weighted by Crippen LogP contribution is -2.29. The smallest absolute Gasteiger partial charge is 0.258 e. The molecule has 1 saturated carbocycles. The predicted octanol–water partition coefficient (Wildman–Crippen LogP) is 1.52. The largest absolute Gasteiger partial charge is 0.313 e. The van der Waals surface area contributed by atoms with Crippen LogP contribution in [0.2, 0.25) is 0 Å². The average molecular weight is 297 g/mol. The number of sulfonamides is 1. The van der Waals surface area contributed by atoms with Crippen molar-refractivity contribution in [1.29, 1.82) is 0 Å². The van der Waals surface area contributed by atoms with Crippen LogP contribution in [0.3, 0.4) is 0 Å². The Kier molecular flexibility index (Phi) is 5.12. The van der Waals surface area contributed by atoms with Crippen LogP contribution >= 0.6 is 0 Å². The lowest BCUT2D eigenvalue weighted by Gasteiger charge is -2.11. The fourth-order valence-corrected chi connectivity index (χ4v) is 3.16. The zero-order valence-corrected chi connectivity index (χ0v) is 12.9. The van der Waals surface area contributed by atoms with Crippen molar-refractivity contribution in [3.63, 3.8) is 0 Å². The van der Waals surface area contributed by atoms with Gasteiger partial charge in [0.05, 0.1) is 0 Å². The monoisotopic (exact) mass is 297 g/mol. The van der Waals surface area contributed by atoms with Gasteiger partial charge in [0.25, 0.3) is 10.0 Å². The molecule has 2 N–H and O–H groups in total. The van der Waals surface area contributed by atoms with Gasteiger partial charge in [0.2, 0.25) is 0 Å². The van der Waals surface area contributed by atoms with Gasteiger partial charge in [0.15, 0.2) is 5.03 Å². The topological polar surface area (TPSA) is 71.1 Å². The predicted molar refractivity (Wildman–Crippen MR) is 78.7 cm³/mol. The second-order valence-electron chi connectivity index (χ2n) is 5.45. The molecule has 1 aliphatic carbocycles. The van der Waals surface area contributed by atoms with Gasteiger partial charge < -0.3 is 5.32 Å². The Morgan fingerprint density at radius 1 is 1.40 bits per heavy atom. The molecule has 0 saturated heterocycles. The first-order valence-electron chi connectivity index (χ1n) is 7.18. The van der Waals surface area contributed by atoms with Crippen molar-refractivity contribution in [3.05, 3.63) is 23.9 Å². The molecule has 20 heavy (non-hydrogen) atoms. The molecule has 0 spiro atoms. The van der Waals surface area contributed by atoms with Crippen LogP contribution in [-0.4, -0.2) is 26.5 Å². The Labute approximate surface area is 121 Å². The Morgan fingerprint density at radius 3 is 2.70 bits per heavy atom. The highest BCUT2D eigenvalue weighted by Crippen LogP contribution is 2.36. The van der Waals surface area contributed by atoms with Crippen LogP contribution in [0.25, 0.3) is 0 Å². The Bertz CT molecular complexity index is 524. The van der Waals surface area contributed by atoms with Crippen LogP contribution < -0.4 is 10.0 Å². The van der Waals surface area contributed by atoms with Crippen LogP contribution in [0.1, 0.15) is 32.3 Å². The zero-order valence-electron chi connectivity index (χ0n) is 12.1. The van der Waals surface area contributed by atoms with Crippen LogP contribution in [-0.2, 0) is 16.6 Å². The van der Waals surface area contributed by atoms with Crippen molar-refractivity contribution in [2.75, 3.05) is 13.1 Å². The molecular formula is C14H23N3O2S. The highest BCUT2D eigenvalue weighted by molar-refractivity contribution is 7.89. The first-order chi connectivity index (χ1) is 9.53. The SMILES string of the molecule is CCNCc1ccc(S(=O)(=O)NCC(C)C2CC2)nc1. The molecular weight excluding hydrogens is 274 g/mol. The van der Waals surface area contributed by atoms with E-state index in [1.165, 1.54) is 12.8 Å². The molecule has 1 aromatic heterocycles. The van der Waals surface area contributed by atoms with Crippen molar-refractivity contribution in [3.8, 4) is 0 Å². The summed E-state index contributed by atoms with van der Waals surface area (Å²) in [6.07, 6.45) is 4.06. The van der Waals surface area contributed by atoms with Gasteiger partial charge in [-0.25, -0.2) is 18.1 Å². The maximum absolute atomic E-state index is 12.1. The summed E-state index contributed by atoms with van der Waals surface area (Å²) in [4.78, 5) is 4.05. The summed E-state index contributed by atoms with van der Waals surface area (Å²) in [5, 5.41) is 3.28. The van der Waals surface area contributed by atoms with E-state index in [0.717, 1.165) is 12.1 Å². The zero-order chi connectivity index (χ0) is 14.6. The second-order valence-corrected chi connectivity index (χ2v) is 7.17. The molecule has 1 atom stereocenters. The molecule has 1 aromatic rings. The van der Waals surface area contributed by atoms with Crippen LogP contribution in [0.15, 0.2) is 23.4 Å². The van der Waals surface area contributed by atoms with E-state index in [-0.39, 0.29) is 5.03 Å². The highest BCUT2D eigenvalue weighted by Gasteiger charge is 2.29. The Balaban J connectivity index is 1.93. The fourth-order valence-electron chi connectivity index (χ4n) is 2.09. The van der Waals surface area contributed by atoms with Gasteiger partial charge in [-0.05, 0) is 42.9 Å². The molecule has 5 nitrogen and oxygen atoms in total. The van der Waals surface area contributed by atoms with Crippen LogP contribution in [0.5, 0.6) is 0 Å². The summed E-state index contributed by atoms with van der Waals surface area (Å²) >= 11 is 0. The standard InChI is InChI=1S/C14H23N3O2S/c1-3-15-9-12-4-7-14(16-10-12)20(18,19)17-8-11(2)13-5-6-13/h4,7,10-11,13,15,17H,3,5-6,8-9H2,1-2H3. The van der Waals surface area contributed by atoms with E-state index in [9.17, 15) is 8.42 Å².